The lowest BCUT2D eigenvalue weighted by molar-refractivity contribution is 0.0887. The fourth-order valence-electron chi connectivity index (χ4n) is 2.33. The maximum Gasteiger partial charge on any atom is 0.253 e. The molecule has 0 unspecified atom stereocenters. The molecule has 1 aromatic heterocycles. The summed E-state index contributed by atoms with van der Waals surface area (Å²) in [6.07, 6.45) is 1.03. The van der Waals surface area contributed by atoms with Crippen molar-refractivity contribution in [3.63, 3.8) is 0 Å². The number of aromatic nitrogens is 1. The van der Waals surface area contributed by atoms with E-state index in [4.69, 9.17) is 5.11 Å². The zero-order valence-corrected chi connectivity index (χ0v) is 13.2. The smallest absolute Gasteiger partial charge is 0.253 e. The van der Waals surface area contributed by atoms with E-state index in [1.165, 1.54) is 0 Å². The fraction of sp³-hybridized carbons (Fsp3) is 0.235. The fourth-order valence-corrected chi connectivity index (χ4v) is 2.33. The average Bonchev–Trinajstić information content (AvgIpc) is 2.65. The lowest BCUT2D eigenvalue weighted by Crippen LogP contribution is -2.31. The van der Waals surface area contributed by atoms with Crippen molar-refractivity contribution in [1.82, 2.24) is 10.3 Å². The van der Waals surface area contributed by atoms with E-state index in [9.17, 15) is 24.9 Å². The number of pyridine rings is 1. The highest BCUT2D eigenvalue weighted by Gasteiger charge is 2.23. The Hall–Kier alpha value is -2.81. The third-order valence-electron chi connectivity index (χ3n) is 3.66. The van der Waals surface area contributed by atoms with E-state index in [1.807, 2.05) is 0 Å². The summed E-state index contributed by atoms with van der Waals surface area (Å²) >= 11 is 0. The second kappa shape index (κ2) is 8.34. The molecule has 25 heavy (non-hydrogen) atoms. The molecule has 1 aromatic carbocycles. The Bertz CT molecular complexity index is 763. The predicted octanol–water partition coefficient (Wildman–Crippen LogP) is -0.0821. The summed E-state index contributed by atoms with van der Waals surface area (Å²) in [5.41, 5.74) is -0.0732. The lowest BCUT2D eigenvalue weighted by Gasteiger charge is -2.18. The maximum atomic E-state index is 12.5. The monoisotopic (exact) mass is 346 g/mol. The van der Waals surface area contributed by atoms with Gasteiger partial charge in [0.25, 0.3) is 5.91 Å². The van der Waals surface area contributed by atoms with Gasteiger partial charge in [0.05, 0.1) is 24.8 Å². The van der Waals surface area contributed by atoms with Crippen LogP contribution in [0.1, 0.15) is 38.0 Å². The molecule has 0 radical (unpaired) electrons. The van der Waals surface area contributed by atoms with Crippen LogP contribution in [-0.2, 0) is 6.61 Å². The summed E-state index contributed by atoms with van der Waals surface area (Å²) in [5, 5.41) is 40.4. The van der Waals surface area contributed by atoms with Gasteiger partial charge in [-0.1, -0.05) is 30.3 Å². The molecule has 8 heteroatoms. The molecule has 0 saturated heterocycles. The molecule has 132 valence electrons. The molecule has 0 aliphatic rings. The van der Waals surface area contributed by atoms with Crippen LogP contribution in [0.4, 0.5) is 0 Å². The van der Waals surface area contributed by atoms with Crippen LogP contribution in [0.2, 0.25) is 0 Å². The highest BCUT2D eigenvalue weighted by atomic mass is 16.3. The molecule has 0 saturated carbocycles. The van der Waals surface area contributed by atoms with Gasteiger partial charge in [-0.2, -0.15) is 0 Å². The van der Waals surface area contributed by atoms with E-state index in [-0.39, 0.29) is 17.7 Å². The Morgan fingerprint density at radius 1 is 1.12 bits per heavy atom. The number of rotatable bonds is 7. The van der Waals surface area contributed by atoms with E-state index in [0.717, 1.165) is 6.20 Å². The molecule has 5 N–H and O–H groups in total. The molecule has 2 rings (SSSR count). The molecule has 8 nitrogen and oxygen atoms in total. The summed E-state index contributed by atoms with van der Waals surface area (Å²) in [6, 6.07) is 8.07. The zero-order valence-electron chi connectivity index (χ0n) is 13.2. The first-order chi connectivity index (χ1) is 12.0. The van der Waals surface area contributed by atoms with E-state index in [1.54, 1.807) is 30.3 Å². The first-order valence-electron chi connectivity index (χ1n) is 7.45. The molecule has 0 bridgehead atoms. The summed E-state index contributed by atoms with van der Waals surface area (Å²) < 4.78 is 0. The average molecular weight is 346 g/mol. The van der Waals surface area contributed by atoms with Gasteiger partial charge in [0.15, 0.2) is 11.4 Å². The predicted molar refractivity (Wildman–Crippen MR) is 87.0 cm³/mol. The lowest BCUT2D eigenvalue weighted by atomic mass is 10.0. The number of benzene rings is 1. The Morgan fingerprint density at radius 3 is 2.36 bits per heavy atom. The van der Waals surface area contributed by atoms with Crippen LogP contribution in [0.15, 0.2) is 36.5 Å². The van der Waals surface area contributed by atoms with Gasteiger partial charge in [0.2, 0.25) is 5.78 Å². The van der Waals surface area contributed by atoms with Crippen LogP contribution in [0.25, 0.3) is 0 Å². The molecule has 1 amide bonds. The van der Waals surface area contributed by atoms with Crippen LogP contribution in [0.5, 0.6) is 5.75 Å². The van der Waals surface area contributed by atoms with Gasteiger partial charge in [-0.25, -0.2) is 4.98 Å². The molecular formula is C17H18N2O6. The Kier molecular flexibility index (Phi) is 6.18. The van der Waals surface area contributed by atoms with Crippen molar-refractivity contribution >= 4 is 11.7 Å². The van der Waals surface area contributed by atoms with Crippen LogP contribution < -0.4 is 5.32 Å². The minimum atomic E-state index is -0.864. The molecular weight excluding hydrogens is 328 g/mol. The molecule has 1 atom stereocenters. The van der Waals surface area contributed by atoms with Crippen molar-refractivity contribution in [2.45, 2.75) is 12.6 Å². The number of carbonyl (C=O) groups excluding carboxylic acids is 2. The van der Waals surface area contributed by atoms with Gasteiger partial charge >= 0.3 is 0 Å². The standard InChI is InChI=1S/C17H18N2O6/c20-7-12-11(6-18-15(16(12)24)14(23)9-22)17(25)19-13(8-21)10-4-2-1-3-5-10/h1-6,13,20-22,24H,7-9H2,(H,19,25)/t13-/m1/s1. The number of hydrogen-bond acceptors (Lipinski definition) is 7. The number of nitrogens with one attached hydrogen (secondary N) is 1. The van der Waals surface area contributed by atoms with Crippen molar-refractivity contribution in [2.24, 2.45) is 0 Å². The zero-order chi connectivity index (χ0) is 18.4. The van der Waals surface area contributed by atoms with Crippen molar-refractivity contribution in [3.8, 4) is 5.75 Å². The van der Waals surface area contributed by atoms with E-state index in [0.29, 0.717) is 5.56 Å². The largest absolute Gasteiger partial charge is 0.505 e. The summed E-state index contributed by atoms with van der Waals surface area (Å²) in [6.45, 7) is -1.93. The van der Waals surface area contributed by atoms with E-state index < -0.39 is 42.4 Å². The number of aromatic hydroxyl groups is 1. The Labute approximate surface area is 143 Å². The van der Waals surface area contributed by atoms with Gasteiger partial charge in [-0.3, -0.25) is 9.59 Å². The van der Waals surface area contributed by atoms with Crippen molar-refractivity contribution in [2.75, 3.05) is 13.2 Å². The minimum Gasteiger partial charge on any atom is -0.505 e. The van der Waals surface area contributed by atoms with Gasteiger partial charge in [0, 0.05) is 11.8 Å². The Balaban J connectivity index is 2.32. The normalized spacial score (nSPS) is 11.8. The molecule has 0 aliphatic heterocycles. The topological polar surface area (TPSA) is 140 Å². The van der Waals surface area contributed by atoms with Crippen LogP contribution >= 0.6 is 0 Å². The number of carbonyl (C=O) groups is 2. The summed E-state index contributed by atoms with van der Waals surface area (Å²) in [4.78, 5) is 27.6. The third kappa shape index (κ3) is 4.00. The highest BCUT2D eigenvalue weighted by Crippen LogP contribution is 2.25. The molecule has 2 aromatic rings. The van der Waals surface area contributed by atoms with E-state index in [2.05, 4.69) is 10.3 Å². The summed E-state index contributed by atoms with van der Waals surface area (Å²) in [5.74, 6) is -2.18. The second-order valence-electron chi connectivity index (χ2n) is 5.21. The van der Waals surface area contributed by atoms with Gasteiger partial charge in [-0.15, -0.1) is 0 Å². The number of aliphatic hydroxyl groups excluding tert-OH is 3. The van der Waals surface area contributed by atoms with Crippen molar-refractivity contribution in [1.29, 1.82) is 0 Å². The number of Topliss-reactive ketones (excluding diaryl/α,β-unsaturated/α-hetero) is 1. The number of hydrogen-bond donors (Lipinski definition) is 5. The van der Waals surface area contributed by atoms with E-state index >= 15 is 0 Å². The maximum absolute atomic E-state index is 12.5. The highest BCUT2D eigenvalue weighted by molar-refractivity contribution is 6.01. The molecule has 0 aliphatic carbocycles. The number of aliphatic hydroxyl groups is 3. The Morgan fingerprint density at radius 2 is 1.80 bits per heavy atom. The molecule has 1 heterocycles. The van der Waals surface area contributed by atoms with Crippen LogP contribution in [-0.4, -0.2) is 50.3 Å². The van der Waals surface area contributed by atoms with Crippen molar-refractivity contribution in [3.05, 3.63) is 58.9 Å². The van der Waals surface area contributed by atoms with Crippen molar-refractivity contribution < 1.29 is 30.0 Å². The SMILES string of the molecule is O=C(N[C@H](CO)c1ccccc1)c1cnc(C(=O)CO)c(O)c1CO. The first-order valence-corrected chi connectivity index (χ1v) is 7.45. The van der Waals surface area contributed by atoms with Gasteiger partial charge in [-0.05, 0) is 5.56 Å². The molecule has 0 spiro atoms. The summed E-state index contributed by atoms with van der Waals surface area (Å²) in [7, 11) is 0. The van der Waals surface area contributed by atoms with Gasteiger partial charge in [0.1, 0.15) is 6.61 Å². The molecule has 0 fully saturated rings. The second-order valence-corrected chi connectivity index (χ2v) is 5.21. The number of ketones is 1. The quantitative estimate of drug-likeness (QED) is 0.442. The minimum absolute atomic E-state index is 0.135. The van der Waals surface area contributed by atoms with Crippen LogP contribution in [0, 0.1) is 0 Å². The van der Waals surface area contributed by atoms with Crippen LogP contribution in [0.3, 0.4) is 0 Å². The number of amides is 1. The first kappa shape index (κ1) is 18.5. The van der Waals surface area contributed by atoms with Gasteiger partial charge < -0.3 is 25.7 Å². The number of nitrogens with zero attached hydrogens (tertiary/aromatic N) is 1. The third-order valence-corrected chi connectivity index (χ3v) is 3.66.